The zero-order chi connectivity index (χ0) is 26.7. The number of halogens is 1. The van der Waals surface area contributed by atoms with Gasteiger partial charge in [0.1, 0.15) is 27.7 Å². The fourth-order valence-electron chi connectivity index (χ4n) is 3.69. The number of hydrogen-bond donors (Lipinski definition) is 5. The van der Waals surface area contributed by atoms with Gasteiger partial charge in [-0.3, -0.25) is 14.4 Å². The molecule has 12 nitrogen and oxygen atoms in total. The van der Waals surface area contributed by atoms with Crippen molar-refractivity contribution in [2.24, 2.45) is 10.9 Å². The van der Waals surface area contributed by atoms with Crippen molar-refractivity contribution in [3.05, 3.63) is 34.1 Å². The van der Waals surface area contributed by atoms with Crippen LogP contribution in [0.5, 0.6) is 0 Å². The second kappa shape index (κ2) is 11.7. The van der Waals surface area contributed by atoms with Crippen LogP contribution in [0.4, 0.5) is 5.82 Å². The van der Waals surface area contributed by atoms with Crippen LogP contribution < -0.4 is 16.8 Å². The molecule has 0 bridgehead atoms. The highest BCUT2D eigenvalue weighted by Gasteiger charge is 2.58. The van der Waals surface area contributed by atoms with Crippen molar-refractivity contribution in [2.45, 2.75) is 26.1 Å². The summed E-state index contributed by atoms with van der Waals surface area (Å²) < 4.78 is -0.485. The Morgan fingerprint density at radius 3 is 2.89 bits per heavy atom. The highest BCUT2D eigenvalue weighted by Crippen LogP contribution is 2.48. The van der Waals surface area contributed by atoms with Gasteiger partial charge in [-0.15, -0.1) is 23.1 Å². The molecule has 2 aromatic heterocycles. The predicted octanol–water partition coefficient (Wildman–Crippen LogP) is 1.16. The number of carboxylic acid groups (broad SMARTS) is 1. The number of carbonyl (C=O) groups excluding carboxylic acids is 2. The van der Waals surface area contributed by atoms with E-state index in [-0.39, 0.29) is 28.8 Å². The Kier molecular flexibility index (Phi) is 8.75. The molecule has 4 rings (SSSR count). The van der Waals surface area contributed by atoms with Crippen LogP contribution in [0.3, 0.4) is 0 Å². The molecule has 0 saturated carbocycles. The number of aliphatic carboxylic acids is 1. The van der Waals surface area contributed by atoms with Gasteiger partial charge in [0.15, 0.2) is 5.71 Å². The Balaban J connectivity index is 1.45. The fraction of sp³-hybridized carbons (Fsp3) is 0.400. The standard InChI is InChI=1S/C20H22ClN7O5S4/c21-9-1-2-11(23)25-12(9)13(27-33)15(29)26-14-16(30)28-6-20(19(31)32,7-35-17(14)28)37-18-10(24-8-36-18)5-34-4-3-22/h1-2,8,14,17,33H,3-7,22H2,(H2,23,25)(H,26,29)(H,31,32)/t14-,17-,20?/m1/s1. The maximum absolute atomic E-state index is 13.0. The number of nitrogen functional groups attached to an aromatic ring is 1. The quantitative estimate of drug-likeness (QED) is 0.0855. The van der Waals surface area contributed by atoms with Gasteiger partial charge in [0.05, 0.1) is 20.4 Å². The number of hydrogen-bond acceptors (Lipinski definition) is 13. The number of pyridine rings is 1. The second-order valence-corrected chi connectivity index (χ2v) is 13.1. The molecule has 1 unspecified atom stereocenters. The number of nitrogens with two attached hydrogens (primary N) is 2. The summed E-state index contributed by atoms with van der Waals surface area (Å²) in [5.41, 5.74) is 13.0. The Morgan fingerprint density at radius 1 is 1.41 bits per heavy atom. The van der Waals surface area contributed by atoms with Gasteiger partial charge in [-0.2, -0.15) is 11.8 Å². The molecule has 198 valence electrons. The summed E-state index contributed by atoms with van der Waals surface area (Å²) in [6.45, 7) is 0.504. The number of oxime groups is 1. The summed E-state index contributed by atoms with van der Waals surface area (Å²) in [5.74, 6) is -0.697. The zero-order valence-corrected chi connectivity index (χ0v) is 23.0. The predicted molar refractivity (Wildman–Crippen MR) is 145 cm³/mol. The van der Waals surface area contributed by atoms with Gasteiger partial charge in [-0.25, -0.2) is 9.97 Å². The number of nitrogens with zero attached hydrogens (tertiary/aromatic N) is 4. The monoisotopic (exact) mass is 603 g/mol. The molecule has 2 amide bonds. The highest BCUT2D eigenvalue weighted by atomic mass is 35.5. The molecule has 2 saturated heterocycles. The number of carbonyl (C=O) groups is 3. The lowest BCUT2D eigenvalue weighted by molar-refractivity contribution is -0.151. The smallest absolute Gasteiger partial charge is 0.322 e. The van der Waals surface area contributed by atoms with Crippen LogP contribution in [0.15, 0.2) is 27.0 Å². The number of anilines is 1. The highest BCUT2D eigenvalue weighted by molar-refractivity contribution is 8.06. The minimum Gasteiger partial charge on any atom is -0.480 e. The number of carboxylic acids is 1. The number of β-lactam (4-membered cyclic amide) rings is 1. The van der Waals surface area contributed by atoms with Crippen LogP contribution in [0.1, 0.15) is 11.4 Å². The van der Waals surface area contributed by atoms with Crippen LogP contribution in [-0.4, -0.2) is 89.4 Å². The van der Waals surface area contributed by atoms with E-state index in [1.165, 1.54) is 51.9 Å². The molecule has 4 heterocycles. The summed E-state index contributed by atoms with van der Waals surface area (Å²) in [7, 11) is 0. The molecule has 17 heteroatoms. The van der Waals surface area contributed by atoms with Crippen molar-refractivity contribution in [3.8, 4) is 0 Å². The molecule has 2 fully saturated rings. The maximum atomic E-state index is 13.0. The van der Waals surface area contributed by atoms with E-state index < -0.39 is 39.7 Å². The number of fused-ring (bicyclic) bond motifs is 1. The second-order valence-electron chi connectivity index (χ2n) is 7.96. The molecule has 0 radical (unpaired) electrons. The maximum Gasteiger partial charge on any atom is 0.322 e. The van der Waals surface area contributed by atoms with Crippen molar-refractivity contribution in [1.29, 1.82) is 0 Å². The van der Waals surface area contributed by atoms with Crippen molar-refractivity contribution in [3.63, 3.8) is 0 Å². The number of nitrogens with one attached hydrogen (secondary N) is 1. The molecule has 0 spiro atoms. The van der Waals surface area contributed by atoms with Crippen LogP contribution in [0.25, 0.3) is 0 Å². The summed E-state index contributed by atoms with van der Waals surface area (Å²) >= 11 is 11.5. The van der Waals surface area contributed by atoms with Crippen LogP contribution in [0, 0.1) is 0 Å². The molecule has 37 heavy (non-hydrogen) atoms. The van der Waals surface area contributed by atoms with Gasteiger partial charge in [-0.05, 0) is 12.1 Å². The van der Waals surface area contributed by atoms with Gasteiger partial charge in [0.2, 0.25) is 5.91 Å². The third-order valence-corrected chi connectivity index (χ3v) is 11.0. The van der Waals surface area contributed by atoms with E-state index in [2.05, 4.69) is 20.4 Å². The van der Waals surface area contributed by atoms with Gasteiger partial charge in [-0.1, -0.05) is 28.5 Å². The third kappa shape index (κ3) is 5.63. The van der Waals surface area contributed by atoms with E-state index >= 15 is 0 Å². The molecule has 3 atom stereocenters. The van der Waals surface area contributed by atoms with Crippen molar-refractivity contribution in [1.82, 2.24) is 20.2 Å². The van der Waals surface area contributed by atoms with E-state index in [4.69, 9.17) is 23.1 Å². The molecule has 2 aromatic rings. The average Bonchev–Trinajstić information content (AvgIpc) is 3.31. The summed E-state index contributed by atoms with van der Waals surface area (Å²) in [6.07, 6.45) is 0. The topological polar surface area (TPSA) is 197 Å². The summed E-state index contributed by atoms with van der Waals surface area (Å²) in [4.78, 5) is 47.9. The molecular formula is C20H22ClN7O5S4. The fourth-order valence-corrected chi connectivity index (χ4v) is 8.84. The minimum absolute atomic E-state index is 0.0350. The average molecular weight is 604 g/mol. The summed E-state index contributed by atoms with van der Waals surface area (Å²) in [6, 6.07) is 1.89. The lowest BCUT2D eigenvalue weighted by atomic mass is 10.0. The first kappa shape index (κ1) is 27.8. The Labute approximate surface area is 233 Å². The molecule has 0 aromatic carbocycles. The Bertz CT molecular complexity index is 1250. The number of rotatable bonds is 10. The van der Waals surface area contributed by atoms with Crippen molar-refractivity contribution < 1.29 is 24.7 Å². The van der Waals surface area contributed by atoms with Crippen LogP contribution in [0.2, 0.25) is 5.02 Å². The molecule has 0 aliphatic carbocycles. The molecule has 2 aliphatic rings. The Hall–Kier alpha value is -2.24. The molecule has 7 N–H and O–H groups in total. The lowest BCUT2D eigenvalue weighted by Crippen LogP contribution is -2.74. The largest absolute Gasteiger partial charge is 0.480 e. The van der Waals surface area contributed by atoms with Crippen molar-refractivity contribution in [2.75, 3.05) is 30.3 Å². The van der Waals surface area contributed by atoms with E-state index in [1.54, 1.807) is 17.3 Å². The number of amides is 2. The van der Waals surface area contributed by atoms with Crippen LogP contribution in [-0.2, 0) is 20.1 Å². The van der Waals surface area contributed by atoms with Gasteiger partial charge < -0.3 is 32.0 Å². The van der Waals surface area contributed by atoms with Gasteiger partial charge >= 0.3 is 5.97 Å². The van der Waals surface area contributed by atoms with Gasteiger partial charge in [0.25, 0.3) is 5.91 Å². The number of thiazole rings is 1. The molecule has 2 aliphatic heterocycles. The van der Waals surface area contributed by atoms with E-state index in [0.29, 0.717) is 12.3 Å². The zero-order valence-electron chi connectivity index (χ0n) is 19.0. The minimum atomic E-state index is -1.28. The first-order chi connectivity index (χ1) is 17.7. The number of aromatic nitrogens is 2. The normalized spacial score (nSPS) is 23.4. The summed E-state index contributed by atoms with van der Waals surface area (Å²) in [5, 5.41) is 24.7. The van der Waals surface area contributed by atoms with E-state index in [0.717, 1.165) is 15.7 Å². The van der Waals surface area contributed by atoms with Gasteiger partial charge in [0, 0.05) is 30.3 Å². The SMILES string of the molecule is NCCSCc1ncsc1SC1(C(=O)O)CS[C@@H]2[C@H](NC(=O)C(=NO)c3nc(N)ccc3Cl)C(=O)N2C1. The van der Waals surface area contributed by atoms with E-state index in [1.807, 2.05) is 0 Å². The van der Waals surface area contributed by atoms with E-state index in [9.17, 15) is 24.7 Å². The number of thioether (sulfide) groups is 3. The Morgan fingerprint density at radius 2 is 2.19 bits per heavy atom. The lowest BCUT2D eigenvalue weighted by Gasteiger charge is -2.53. The van der Waals surface area contributed by atoms with Crippen LogP contribution >= 0.6 is 58.2 Å². The van der Waals surface area contributed by atoms with Crippen molar-refractivity contribution >= 4 is 87.5 Å². The first-order valence-corrected chi connectivity index (χ1v) is 15.0. The molecular weight excluding hydrogens is 582 g/mol. The first-order valence-electron chi connectivity index (χ1n) is 10.7. The third-order valence-electron chi connectivity index (χ3n) is 5.53.